The van der Waals surface area contributed by atoms with Gasteiger partial charge in [0.05, 0.1) is 5.69 Å². The van der Waals surface area contributed by atoms with Gasteiger partial charge in [0.15, 0.2) is 0 Å². The zero-order valence-corrected chi connectivity index (χ0v) is 19.3. The monoisotopic (exact) mass is 440 g/mol. The van der Waals surface area contributed by atoms with Crippen LogP contribution >= 0.6 is 0 Å². The summed E-state index contributed by atoms with van der Waals surface area (Å²) in [4.78, 5) is 16.2. The van der Waals surface area contributed by atoms with E-state index in [9.17, 15) is 4.79 Å². The Hall–Kier alpha value is -3.70. The molecule has 0 fully saturated rings. The van der Waals surface area contributed by atoms with Gasteiger partial charge in [-0.1, -0.05) is 71.8 Å². The Balaban J connectivity index is 0.000000257. The Labute approximate surface area is 196 Å². The lowest BCUT2D eigenvalue weighted by atomic mass is 10.1. The van der Waals surface area contributed by atoms with Crippen molar-refractivity contribution in [2.45, 2.75) is 26.7 Å². The highest BCUT2D eigenvalue weighted by molar-refractivity contribution is 6.01. The molecule has 0 aliphatic rings. The molecule has 5 heteroatoms. The fourth-order valence-corrected chi connectivity index (χ4v) is 3.62. The third kappa shape index (κ3) is 7.74. The van der Waals surface area contributed by atoms with Gasteiger partial charge in [0, 0.05) is 29.7 Å². The number of benzene rings is 3. The molecule has 5 nitrogen and oxygen atoms in total. The molecule has 0 saturated heterocycles. The number of fused-ring (bicyclic) bond motifs is 1. The summed E-state index contributed by atoms with van der Waals surface area (Å²) in [5, 5.41) is 7.79. The number of carbonyl (C=O) groups is 1. The number of rotatable bonds is 6. The molecule has 0 unspecified atom stereocenters. The third-order valence-electron chi connectivity index (χ3n) is 5.23. The molecule has 0 aliphatic carbocycles. The highest BCUT2D eigenvalue weighted by atomic mass is 16.2. The number of nitrogens with zero attached hydrogens (tertiary/aromatic N) is 1. The smallest absolute Gasteiger partial charge is 0.319 e. The molecule has 0 radical (unpaired) electrons. The van der Waals surface area contributed by atoms with Crippen molar-refractivity contribution in [1.29, 1.82) is 0 Å². The first-order valence-electron chi connectivity index (χ1n) is 11.2. The molecule has 0 spiro atoms. The molecule has 0 bridgehead atoms. The van der Waals surface area contributed by atoms with Crippen molar-refractivity contribution in [3.05, 3.63) is 107 Å². The maximum Gasteiger partial charge on any atom is 0.319 e. The van der Waals surface area contributed by atoms with Crippen molar-refractivity contribution in [2.75, 3.05) is 18.4 Å². The lowest BCUT2D eigenvalue weighted by molar-refractivity contribution is 0.252. The van der Waals surface area contributed by atoms with Gasteiger partial charge in [0.25, 0.3) is 0 Å². The zero-order chi connectivity index (χ0) is 23.5. The second-order valence-electron chi connectivity index (χ2n) is 8.05. The highest BCUT2D eigenvalue weighted by Crippen LogP contribution is 2.21. The summed E-state index contributed by atoms with van der Waals surface area (Å²) in [5.74, 6) is 0. The Morgan fingerprint density at radius 2 is 1.55 bits per heavy atom. The Morgan fingerprint density at radius 1 is 0.879 bits per heavy atom. The van der Waals surface area contributed by atoms with Gasteiger partial charge in [-0.05, 0) is 56.5 Å². The number of nitrogens with two attached hydrogens (primary N) is 1. The molecule has 4 aromatic rings. The molecular weight excluding hydrogens is 408 g/mol. The maximum absolute atomic E-state index is 12.1. The normalized spacial score (nSPS) is 10.3. The van der Waals surface area contributed by atoms with E-state index in [2.05, 4.69) is 71.9 Å². The number of aromatic nitrogens is 1. The number of nitrogens with one attached hydrogen (secondary N) is 2. The minimum atomic E-state index is -0.193. The van der Waals surface area contributed by atoms with Crippen molar-refractivity contribution >= 4 is 22.5 Å². The van der Waals surface area contributed by atoms with E-state index in [1.807, 2.05) is 30.3 Å². The van der Waals surface area contributed by atoms with Gasteiger partial charge in [-0.2, -0.15) is 0 Å². The maximum atomic E-state index is 12.1. The van der Waals surface area contributed by atoms with E-state index >= 15 is 0 Å². The SMILES string of the molecule is Cc1cccc(CCN)c1.Cc1cccc(CCNC(=O)Nc2cccc3cnccc23)c1. The van der Waals surface area contributed by atoms with E-state index < -0.39 is 0 Å². The van der Waals surface area contributed by atoms with Crippen LogP contribution in [0, 0.1) is 13.8 Å². The van der Waals surface area contributed by atoms with Crippen LogP contribution in [0.1, 0.15) is 22.3 Å². The third-order valence-corrected chi connectivity index (χ3v) is 5.23. The molecule has 0 atom stereocenters. The second-order valence-corrected chi connectivity index (χ2v) is 8.05. The minimum absolute atomic E-state index is 0.193. The molecule has 2 amide bonds. The van der Waals surface area contributed by atoms with Gasteiger partial charge in [-0.25, -0.2) is 4.79 Å². The summed E-state index contributed by atoms with van der Waals surface area (Å²) in [7, 11) is 0. The van der Waals surface area contributed by atoms with Crippen LogP contribution in [0.15, 0.2) is 85.2 Å². The number of hydrogen-bond donors (Lipinski definition) is 3. The molecule has 4 N–H and O–H groups in total. The van der Waals surface area contributed by atoms with Crippen LogP contribution in [0.3, 0.4) is 0 Å². The lowest BCUT2D eigenvalue weighted by Crippen LogP contribution is -2.30. The van der Waals surface area contributed by atoms with Crippen LogP contribution < -0.4 is 16.4 Å². The molecule has 170 valence electrons. The molecule has 0 saturated carbocycles. The number of anilines is 1. The molecule has 4 rings (SSSR count). The van der Waals surface area contributed by atoms with Crippen molar-refractivity contribution < 1.29 is 4.79 Å². The van der Waals surface area contributed by atoms with Gasteiger partial charge in [0.1, 0.15) is 0 Å². The number of aryl methyl sites for hydroxylation is 2. The quantitative estimate of drug-likeness (QED) is 0.375. The van der Waals surface area contributed by atoms with E-state index in [0.717, 1.165) is 35.8 Å². The first kappa shape index (κ1) is 24.0. The van der Waals surface area contributed by atoms with E-state index in [0.29, 0.717) is 6.54 Å². The molecule has 1 heterocycles. The fraction of sp³-hybridized carbons (Fsp3) is 0.214. The summed E-state index contributed by atoms with van der Waals surface area (Å²) in [6.07, 6.45) is 5.32. The van der Waals surface area contributed by atoms with Crippen LogP contribution in [0.4, 0.5) is 10.5 Å². The summed E-state index contributed by atoms with van der Waals surface area (Å²) in [5.41, 5.74) is 11.3. The van der Waals surface area contributed by atoms with Crippen molar-refractivity contribution in [3.63, 3.8) is 0 Å². The van der Waals surface area contributed by atoms with Crippen LogP contribution in [-0.2, 0) is 12.8 Å². The Bertz CT molecular complexity index is 1180. The minimum Gasteiger partial charge on any atom is -0.338 e. The molecule has 0 aliphatic heterocycles. The van der Waals surface area contributed by atoms with Gasteiger partial charge < -0.3 is 16.4 Å². The highest BCUT2D eigenvalue weighted by Gasteiger charge is 2.05. The predicted octanol–water partition coefficient (Wildman–Crippen LogP) is 5.40. The van der Waals surface area contributed by atoms with E-state index in [1.165, 1.54) is 22.3 Å². The molecule has 1 aromatic heterocycles. The Morgan fingerprint density at radius 3 is 2.21 bits per heavy atom. The van der Waals surface area contributed by atoms with Crippen molar-refractivity contribution in [1.82, 2.24) is 10.3 Å². The fourth-order valence-electron chi connectivity index (χ4n) is 3.62. The van der Waals surface area contributed by atoms with E-state index in [1.54, 1.807) is 12.4 Å². The van der Waals surface area contributed by atoms with Crippen LogP contribution in [0.5, 0.6) is 0 Å². The van der Waals surface area contributed by atoms with Crippen molar-refractivity contribution in [3.8, 4) is 0 Å². The largest absolute Gasteiger partial charge is 0.338 e. The summed E-state index contributed by atoms with van der Waals surface area (Å²) in [6.45, 7) is 5.50. The van der Waals surface area contributed by atoms with E-state index in [-0.39, 0.29) is 6.03 Å². The predicted molar refractivity (Wildman–Crippen MR) is 138 cm³/mol. The lowest BCUT2D eigenvalue weighted by Gasteiger charge is -2.10. The summed E-state index contributed by atoms with van der Waals surface area (Å²) < 4.78 is 0. The Kier molecular flexibility index (Phi) is 8.98. The summed E-state index contributed by atoms with van der Waals surface area (Å²) >= 11 is 0. The van der Waals surface area contributed by atoms with Gasteiger partial charge in [-0.15, -0.1) is 0 Å². The van der Waals surface area contributed by atoms with Gasteiger partial charge in [-0.3, -0.25) is 4.98 Å². The summed E-state index contributed by atoms with van der Waals surface area (Å²) in [6, 6.07) is 24.3. The van der Waals surface area contributed by atoms with E-state index in [4.69, 9.17) is 5.73 Å². The molecular formula is C28H32N4O. The number of pyridine rings is 1. The zero-order valence-electron chi connectivity index (χ0n) is 19.3. The number of amides is 2. The van der Waals surface area contributed by atoms with Crippen molar-refractivity contribution in [2.24, 2.45) is 5.73 Å². The van der Waals surface area contributed by atoms with Crippen LogP contribution in [0.2, 0.25) is 0 Å². The number of carbonyl (C=O) groups excluding carboxylic acids is 1. The standard InChI is InChI=1S/C19H19N3O.C9H13N/c1-14-4-2-5-15(12-14)8-11-21-19(23)22-18-7-3-6-16-13-20-10-9-17(16)18;1-8-3-2-4-9(7-8)5-6-10/h2-7,9-10,12-13H,8,11H2,1H3,(H2,21,22,23);2-4,7H,5-6,10H2,1H3. The first-order valence-corrected chi connectivity index (χ1v) is 11.2. The van der Waals surface area contributed by atoms with Gasteiger partial charge in [0.2, 0.25) is 0 Å². The average molecular weight is 441 g/mol. The first-order chi connectivity index (χ1) is 16.0. The molecule has 3 aromatic carbocycles. The topological polar surface area (TPSA) is 80.0 Å². The second kappa shape index (κ2) is 12.4. The number of urea groups is 1. The van der Waals surface area contributed by atoms with Crippen LogP contribution in [-0.4, -0.2) is 24.1 Å². The number of hydrogen-bond acceptors (Lipinski definition) is 3. The molecule has 33 heavy (non-hydrogen) atoms. The van der Waals surface area contributed by atoms with Gasteiger partial charge >= 0.3 is 6.03 Å². The average Bonchev–Trinajstić information content (AvgIpc) is 2.80. The van der Waals surface area contributed by atoms with Crippen LogP contribution in [0.25, 0.3) is 10.8 Å².